The summed E-state index contributed by atoms with van der Waals surface area (Å²) >= 11 is 0. The van der Waals surface area contributed by atoms with Crippen LogP contribution in [0.5, 0.6) is 0 Å². The predicted molar refractivity (Wildman–Crippen MR) is 126 cm³/mol. The lowest BCUT2D eigenvalue weighted by Crippen LogP contribution is -2.43. The van der Waals surface area contributed by atoms with Gasteiger partial charge in [-0.3, -0.25) is 0 Å². The Balaban J connectivity index is 0.000000568. The predicted octanol–water partition coefficient (Wildman–Crippen LogP) is 5.57. The van der Waals surface area contributed by atoms with E-state index in [0.29, 0.717) is 19.6 Å². The highest BCUT2D eigenvalue weighted by Crippen LogP contribution is 2.08. The zero-order valence-corrected chi connectivity index (χ0v) is 20.4. The fourth-order valence-corrected chi connectivity index (χ4v) is 2.45. The van der Waals surface area contributed by atoms with Crippen LogP contribution in [-0.4, -0.2) is 36.4 Å². The molecule has 0 saturated carbocycles. The maximum absolute atomic E-state index is 12.1. The van der Waals surface area contributed by atoms with E-state index in [1.807, 2.05) is 37.3 Å². The highest BCUT2D eigenvalue weighted by molar-refractivity contribution is 5.81. The number of amides is 1. The van der Waals surface area contributed by atoms with Crippen molar-refractivity contribution in [2.45, 2.75) is 72.3 Å². The molecule has 6 nitrogen and oxygen atoms in total. The van der Waals surface area contributed by atoms with Crippen LogP contribution in [0.3, 0.4) is 0 Å². The van der Waals surface area contributed by atoms with Crippen molar-refractivity contribution in [3.63, 3.8) is 0 Å². The first kappa shape index (κ1) is 28.1. The average molecular weight is 462 g/mol. The van der Waals surface area contributed by atoms with Gasteiger partial charge in [-0.1, -0.05) is 48.0 Å². The van der Waals surface area contributed by atoms with Gasteiger partial charge in [0.05, 0.1) is 13.2 Å². The number of halogens is 1. The van der Waals surface area contributed by atoms with E-state index in [1.54, 1.807) is 46.8 Å². The molecule has 33 heavy (non-hydrogen) atoms. The molecule has 0 aliphatic rings. The number of rotatable bonds is 8. The first-order valence-electron chi connectivity index (χ1n) is 11.0. The van der Waals surface area contributed by atoms with E-state index in [0.717, 1.165) is 11.1 Å². The van der Waals surface area contributed by atoms with Gasteiger partial charge in [0.2, 0.25) is 0 Å². The van der Waals surface area contributed by atoms with Crippen molar-refractivity contribution in [1.29, 1.82) is 0 Å². The van der Waals surface area contributed by atoms with Gasteiger partial charge >= 0.3 is 12.1 Å². The molecule has 0 aliphatic carbocycles. The molecule has 7 heteroatoms. The van der Waals surface area contributed by atoms with Crippen LogP contribution >= 0.6 is 0 Å². The second-order valence-corrected chi connectivity index (χ2v) is 8.74. The molecule has 0 bridgehead atoms. The van der Waals surface area contributed by atoms with Crippen LogP contribution < -0.4 is 5.32 Å². The lowest BCUT2D eigenvalue weighted by atomic mass is 10.2. The van der Waals surface area contributed by atoms with Gasteiger partial charge in [0.25, 0.3) is 0 Å². The van der Waals surface area contributed by atoms with Gasteiger partial charge in [-0.05, 0) is 59.2 Å². The van der Waals surface area contributed by atoms with Gasteiger partial charge in [-0.2, -0.15) is 0 Å². The Bertz CT molecular complexity index is 813. The summed E-state index contributed by atoms with van der Waals surface area (Å²) in [5, 5.41) is 2.46. The second-order valence-electron chi connectivity index (χ2n) is 8.74. The van der Waals surface area contributed by atoms with Crippen LogP contribution in [0, 0.1) is 12.7 Å². The number of ether oxygens (including phenoxy) is 3. The number of aryl methyl sites for hydroxylation is 1. The zero-order chi connectivity index (χ0) is 24.9. The Morgan fingerprint density at radius 3 is 2.15 bits per heavy atom. The molecule has 1 amide bonds. The molecule has 2 rings (SSSR count). The Kier molecular flexibility index (Phi) is 12.1. The number of hydrogen-bond acceptors (Lipinski definition) is 5. The molecule has 0 heterocycles. The molecule has 0 fully saturated rings. The number of hydrogen-bond donors (Lipinski definition) is 1. The smallest absolute Gasteiger partial charge is 0.408 e. The molecular formula is C26H36FNO5. The van der Waals surface area contributed by atoms with Gasteiger partial charge in [0, 0.05) is 6.42 Å². The molecule has 1 N–H and O–H groups in total. The molecule has 0 saturated heterocycles. The monoisotopic (exact) mass is 461 g/mol. The molecule has 0 radical (unpaired) electrons. The average Bonchev–Trinajstić information content (AvgIpc) is 2.73. The Hall–Kier alpha value is -2.93. The van der Waals surface area contributed by atoms with E-state index in [2.05, 4.69) is 5.32 Å². The molecule has 2 atom stereocenters. The summed E-state index contributed by atoms with van der Waals surface area (Å²) in [5.41, 5.74) is 1.57. The zero-order valence-electron chi connectivity index (χ0n) is 20.4. The minimum absolute atomic E-state index is 0.171. The molecule has 2 aromatic rings. The molecular weight excluding hydrogens is 425 g/mol. The van der Waals surface area contributed by atoms with Crippen molar-refractivity contribution >= 4 is 12.1 Å². The minimum atomic E-state index is -0.775. The van der Waals surface area contributed by atoms with Crippen LogP contribution in [-0.2, 0) is 25.6 Å². The maximum Gasteiger partial charge on any atom is 0.408 e. The van der Waals surface area contributed by atoms with Crippen molar-refractivity contribution in [1.82, 2.24) is 5.32 Å². The Labute approximate surface area is 196 Å². The lowest BCUT2D eigenvalue weighted by Gasteiger charge is -2.22. The second kappa shape index (κ2) is 14.3. The Morgan fingerprint density at radius 1 is 1.00 bits per heavy atom. The van der Waals surface area contributed by atoms with Crippen molar-refractivity contribution < 1.29 is 28.2 Å². The number of carbonyl (C=O) groups excluding carboxylic acids is 2. The SMILES string of the molecule is C[C@H](NC(=O)OC(C)(C)C)C(=O)O[C@@H](C)CCOCc1ccccc1.Cc1ccc(F)cc1. The summed E-state index contributed by atoms with van der Waals surface area (Å²) < 4.78 is 28.1. The van der Waals surface area contributed by atoms with Gasteiger partial charge in [0.1, 0.15) is 23.6 Å². The summed E-state index contributed by atoms with van der Waals surface area (Å²) in [6.07, 6.45) is -0.362. The number of nitrogens with one attached hydrogen (secondary N) is 1. The quantitative estimate of drug-likeness (QED) is 0.411. The van der Waals surface area contributed by atoms with Gasteiger partial charge < -0.3 is 19.5 Å². The minimum Gasteiger partial charge on any atom is -0.461 e. The summed E-state index contributed by atoms with van der Waals surface area (Å²) in [5.74, 6) is -0.669. The van der Waals surface area contributed by atoms with Crippen molar-refractivity contribution in [3.05, 3.63) is 71.5 Å². The third-order valence-corrected chi connectivity index (χ3v) is 4.20. The van der Waals surface area contributed by atoms with Crippen molar-refractivity contribution in [3.8, 4) is 0 Å². The highest BCUT2D eigenvalue weighted by atomic mass is 19.1. The summed E-state index contributed by atoms with van der Waals surface area (Å²) in [6.45, 7) is 11.6. The van der Waals surface area contributed by atoms with E-state index in [9.17, 15) is 14.0 Å². The molecule has 0 spiro atoms. The summed E-state index contributed by atoms with van der Waals surface area (Å²) in [6, 6.07) is 15.5. The number of esters is 1. The van der Waals surface area contributed by atoms with E-state index >= 15 is 0 Å². The molecule has 0 unspecified atom stereocenters. The number of alkyl carbamates (subject to hydrolysis) is 1. The number of carbonyl (C=O) groups is 2. The lowest BCUT2D eigenvalue weighted by molar-refractivity contribution is -0.151. The van der Waals surface area contributed by atoms with Crippen LogP contribution in [0.4, 0.5) is 9.18 Å². The fraction of sp³-hybridized carbons (Fsp3) is 0.462. The highest BCUT2D eigenvalue weighted by Gasteiger charge is 2.23. The van der Waals surface area contributed by atoms with E-state index < -0.39 is 23.7 Å². The standard InChI is InChI=1S/C19H29NO5.C7H7F/c1-14(11-12-23-13-16-9-7-6-8-10-16)24-17(21)15(2)20-18(22)25-19(3,4)5;1-6-2-4-7(8)5-3-6/h6-10,14-15H,11-13H2,1-5H3,(H,20,22);2-5H,1H3/t14-,15-;/m0./s1. The van der Waals surface area contributed by atoms with Gasteiger partial charge in [-0.15, -0.1) is 0 Å². The van der Waals surface area contributed by atoms with Crippen LogP contribution in [0.1, 0.15) is 52.2 Å². The first-order chi connectivity index (χ1) is 15.5. The third kappa shape index (κ3) is 14.0. The van der Waals surface area contributed by atoms with E-state index in [4.69, 9.17) is 14.2 Å². The third-order valence-electron chi connectivity index (χ3n) is 4.20. The summed E-state index contributed by atoms with van der Waals surface area (Å²) in [7, 11) is 0. The van der Waals surface area contributed by atoms with Crippen molar-refractivity contribution in [2.24, 2.45) is 0 Å². The van der Waals surface area contributed by atoms with Crippen LogP contribution in [0.2, 0.25) is 0 Å². The molecule has 0 aromatic heterocycles. The van der Waals surface area contributed by atoms with Crippen LogP contribution in [0.15, 0.2) is 54.6 Å². The molecule has 182 valence electrons. The maximum atomic E-state index is 12.1. The fourth-order valence-electron chi connectivity index (χ4n) is 2.45. The van der Waals surface area contributed by atoms with Gasteiger partial charge in [0.15, 0.2) is 0 Å². The first-order valence-corrected chi connectivity index (χ1v) is 11.0. The van der Waals surface area contributed by atoms with Crippen LogP contribution in [0.25, 0.3) is 0 Å². The summed E-state index contributed by atoms with van der Waals surface area (Å²) in [4.78, 5) is 23.6. The number of benzene rings is 2. The molecule has 0 aliphatic heterocycles. The van der Waals surface area contributed by atoms with E-state index in [1.165, 1.54) is 12.1 Å². The van der Waals surface area contributed by atoms with E-state index in [-0.39, 0.29) is 11.9 Å². The van der Waals surface area contributed by atoms with Crippen molar-refractivity contribution in [2.75, 3.05) is 6.61 Å². The Morgan fingerprint density at radius 2 is 1.61 bits per heavy atom. The van der Waals surface area contributed by atoms with Gasteiger partial charge in [-0.25, -0.2) is 14.0 Å². The topological polar surface area (TPSA) is 73.9 Å². The molecule has 2 aromatic carbocycles. The largest absolute Gasteiger partial charge is 0.461 e. The normalized spacial score (nSPS) is 12.6.